The highest BCUT2D eigenvalue weighted by atomic mass is 79.9. The van der Waals surface area contributed by atoms with Crippen molar-refractivity contribution in [3.63, 3.8) is 0 Å². The molecule has 0 unspecified atom stereocenters. The monoisotopic (exact) mass is 337 g/mol. The first kappa shape index (κ1) is 15.1. The molecule has 1 heterocycles. The molecule has 0 atom stereocenters. The van der Waals surface area contributed by atoms with Crippen molar-refractivity contribution in [2.45, 2.75) is 26.5 Å². The van der Waals surface area contributed by atoms with Gasteiger partial charge in [-0.3, -0.25) is 4.68 Å². The van der Waals surface area contributed by atoms with Crippen molar-refractivity contribution in [3.05, 3.63) is 46.2 Å². The highest BCUT2D eigenvalue weighted by Gasteiger charge is 2.09. The number of aryl methyl sites for hydroxylation is 1. The van der Waals surface area contributed by atoms with Crippen molar-refractivity contribution in [1.82, 2.24) is 15.1 Å². The maximum absolute atomic E-state index is 5.94. The molecule has 0 radical (unpaired) electrons. The van der Waals surface area contributed by atoms with Gasteiger partial charge < -0.3 is 10.1 Å². The number of benzene rings is 1. The molecule has 1 aromatic heterocycles. The Balaban J connectivity index is 2.04. The number of aromatic nitrogens is 2. The van der Waals surface area contributed by atoms with E-state index in [4.69, 9.17) is 4.74 Å². The molecule has 0 aliphatic rings. The van der Waals surface area contributed by atoms with Crippen LogP contribution in [0.15, 0.2) is 34.9 Å². The maximum atomic E-state index is 5.94. The van der Waals surface area contributed by atoms with Crippen molar-refractivity contribution in [2.24, 2.45) is 7.05 Å². The zero-order valence-corrected chi connectivity index (χ0v) is 13.5. The largest absolute Gasteiger partial charge is 0.486 e. The average molecular weight is 338 g/mol. The molecule has 0 saturated heterocycles. The number of rotatable bonds is 7. The van der Waals surface area contributed by atoms with Gasteiger partial charge in [0.15, 0.2) is 0 Å². The topological polar surface area (TPSA) is 39.1 Å². The van der Waals surface area contributed by atoms with Gasteiger partial charge in [-0.05, 0) is 41.0 Å². The molecule has 0 aliphatic carbocycles. The van der Waals surface area contributed by atoms with Crippen LogP contribution in [-0.2, 0) is 20.2 Å². The molecule has 4 nitrogen and oxygen atoms in total. The van der Waals surface area contributed by atoms with E-state index < -0.39 is 0 Å². The highest BCUT2D eigenvalue weighted by molar-refractivity contribution is 9.10. The summed E-state index contributed by atoms with van der Waals surface area (Å²) in [5.41, 5.74) is 2.08. The van der Waals surface area contributed by atoms with E-state index in [1.54, 1.807) is 4.68 Å². The summed E-state index contributed by atoms with van der Waals surface area (Å²) in [7, 11) is 1.90. The van der Waals surface area contributed by atoms with Gasteiger partial charge in [0.25, 0.3) is 0 Å². The zero-order chi connectivity index (χ0) is 14.4. The van der Waals surface area contributed by atoms with Crippen molar-refractivity contribution in [1.29, 1.82) is 0 Å². The van der Waals surface area contributed by atoms with Gasteiger partial charge in [-0.1, -0.05) is 19.1 Å². The minimum Gasteiger partial charge on any atom is -0.486 e. The summed E-state index contributed by atoms with van der Waals surface area (Å²) in [6.07, 6.45) is 3.04. The van der Waals surface area contributed by atoms with Crippen molar-refractivity contribution in [2.75, 3.05) is 6.54 Å². The molecule has 1 aromatic carbocycles. The van der Waals surface area contributed by atoms with Crippen LogP contribution in [0.4, 0.5) is 0 Å². The number of ether oxygens (including phenoxy) is 1. The van der Waals surface area contributed by atoms with Gasteiger partial charge in [0.05, 0.1) is 10.2 Å². The molecule has 0 spiro atoms. The Morgan fingerprint density at radius 2 is 2.20 bits per heavy atom. The number of nitrogens with zero attached hydrogens (tertiary/aromatic N) is 2. The number of hydrogen-bond acceptors (Lipinski definition) is 3. The van der Waals surface area contributed by atoms with Gasteiger partial charge in [-0.15, -0.1) is 0 Å². The normalized spacial score (nSPS) is 10.8. The Bertz CT molecular complexity index is 554. The molecule has 1 N–H and O–H groups in total. The molecule has 0 aliphatic heterocycles. The first-order chi connectivity index (χ1) is 9.70. The minimum absolute atomic E-state index is 0.476. The lowest BCUT2D eigenvalue weighted by Gasteiger charge is -2.13. The Hall–Kier alpha value is -1.33. The second kappa shape index (κ2) is 7.45. The molecular weight excluding hydrogens is 318 g/mol. The van der Waals surface area contributed by atoms with Crippen LogP contribution in [0.5, 0.6) is 5.75 Å². The van der Waals surface area contributed by atoms with Crippen LogP contribution in [0.25, 0.3) is 0 Å². The fourth-order valence-electron chi connectivity index (χ4n) is 1.94. The van der Waals surface area contributed by atoms with E-state index >= 15 is 0 Å². The van der Waals surface area contributed by atoms with Crippen LogP contribution in [0.3, 0.4) is 0 Å². The van der Waals surface area contributed by atoms with Gasteiger partial charge in [0.2, 0.25) is 0 Å². The van der Waals surface area contributed by atoms with Crippen LogP contribution in [0.1, 0.15) is 24.6 Å². The lowest BCUT2D eigenvalue weighted by Crippen LogP contribution is -2.14. The highest BCUT2D eigenvalue weighted by Crippen LogP contribution is 2.29. The molecular formula is C15H20BrN3O. The molecule has 0 bridgehead atoms. The molecule has 20 heavy (non-hydrogen) atoms. The fraction of sp³-hybridized carbons (Fsp3) is 0.400. The molecule has 2 rings (SSSR count). The fourth-order valence-corrected chi connectivity index (χ4v) is 2.46. The van der Waals surface area contributed by atoms with Crippen molar-refractivity contribution in [3.8, 4) is 5.75 Å². The molecule has 0 amide bonds. The lowest BCUT2D eigenvalue weighted by atomic mass is 10.2. The quantitative estimate of drug-likeness (QED) is 0.788. The van der Waals surface area contributed by atoms with Gasteiger partial charge in [-0.2, -0.15) is 5.10 Å². The standard InChI is InChI=1S/C15H20BrN3O/c1-3-8-17-10-12-5-4-6-14(16)15(12)20-11-13-7-9-19(2)18-13/h4-7,9,17H,3,8,10-11H2,1-2H3. The average Bonchev–Trinajstić information content (AvgIpc) is 2.84. The van der Waals surface area contributed by atoms with E-state index in [9.17, 15) is 0 Å². The van der Waals surface area contributed by atoms with Gasteiger partial charge in [0.1, 0.15) is 12.4 Å². The summed E-state index contributed by atoms with van der Waals surface area (Å²) in [5, 5.41) is 7.72. The zero-order valence-electron chi connectivity index (χ0n) is 11.9. The summed E-state index contributed by atoms with van der Waals surface area (Å²) in [6, 6.07) is 8.07. The first-order valence-electron chi connectivity index (χ1n) is 6.80. The van der Waals surface area contributed by atoms with E-state index in [1.807, 2.05) is 31.4 Å². The SMILES string of the molecule is CCCNCc1cccc(Br)c1OCc1ccn(C)n1. The van der Waals surface area contributed by atoms with Crippen LogP contribution in [-0.4, -0.2) is 16.3 Å². The van der Waals surface area contributed by atoms with E-state index in [1.165, 1.54) is 0 Å². The third-order valence-corrected chi connectivity index (χ3v) is 3.55. The summed E-state index contributed by atoms with van der Waals surface area (Å²) < 4.78 is 8.69. The third kappa shape index (κ3) is 4.08. The number of hydrogen-bond donors (Lipinski definition) is 1. The smallest absolute Gasteiger partial charge is 0.138 e. The maximum Gasteiger partial charge on any atom is 0.138 e. The summed E-state index contributed by atoms with van der Waals surface area (Å²) in [5.74, 6) is 0.891. The van der Waals surface area contributed by atoms with Crippen LogP contribution < -0.4 is 10.1 Å². The van der Waals surface area contributed by atoms with E-state index in [0.717, 1.165) is 41.0 Å². The van der Waals surface area contributed by atoms with Crippen molar-refractivity contribution >= 4 is 15.9 Å². The Morgan fingerprint density at radius 3 is 2.90 bits per heavy atom. The van der Waals surface area contributed by atoms with Gasteiger partial charge in [-0.25, -0.2) is 0 Å². The van der Waals surface area contributed by atoms with E-state index in [2.05, 4.69) is 39.3 Å². The predicted molar refractivity (Wildman–Crippen MR) is 83.7 cm³/mol. The van der Waals surface area contributed by atoms with Crippen LogP contribution in [0.2, 0.25) is 0 Å². The van der Waals surface area contributed by atoms with Crippen molar-refractivity contribution < 1.29 is 4.74 Å². The Morgan fingerprint density at radius 1 is 1.35 bits per heavy atom. The van der Waals surface area contributed by atoms with Gasteiger partial charge >= 0.3 is 0 Å². The minimum atomic E-state index is 0.476. The Labute approximate surface area is 128 Å². The molecule has 0 saturated carbocycles. The predicted octanol–water partition coefficient (Wildman–Crippen LogP) is 3.26. The number of halogens is 1. The van der Waals surface area contributed by atoms with E-state index in [-0.39, 0.29) is 0 Å². The second-order valence-electron chi connectivity index (χ2n) is 4.67. The molecule has 0 fully saturated rings. The summed E-state index contributed by atoms with van der Waals surface area (Å²) in [6.45, 7) is 4.45. The molecule has 2 aromatic rings. The molecule has 5 heteroatoms. The van der Waals surface area contributed by atoms with E-state index in [0.29, 0.717) is 6.61 Å². The summed E-state index contributed by atoms with van der Waals surface area (Å²) in [4.78, 5) is 0. The number of nitrogens with one attached hydrogen (secondary N) is 1. The first-order valence-corrected chi connectivity index (χ1v) is 7.59. The third-order valence-electron chi connectivity index (χ3n) is 2.92. The van der Waals surface area contributed by atoms with Crippen LogP contribution in [0, 0.1) is 0 Å². The number of para-hydroxylation sites is 1. The summed E-state index contributed by atoms with van der Waals surface area (Å²) >= 11 is 3.56. The second-order valence-corrected chi connectivity index (χ2v) is 5.53. The Kier molecular flexibility index (Phi) is 5.61. The molecule has 108 valence electrons. The lowest BCUT2D eigenvalue weighted by molar-refractivity contribution is 0.294. The van der Waals surface area contributed by atoms with Gasteiger partial charge in [0, 0.05) is 25.4 Å². The van der Waals surface area contributed by atoms with Crippen LogP contribution >= 0.6 is 15.9 Å².